The van der Waals surface area contributed by atoms with E-state index in [0.29, 0.717) is 0 Å². The molecule has 0 aromatic carbocycles. The van der Waals surface area contributed by atoms with Crippen LogP contribution in [-0.2, 0) is 9.53 Å². The molecule has 0 radical (unpaired) electrons. The Bertz CT molecular complexity index is 209. The summed E-state index contributed by atoms with van der Waals surface area (Å²) in [5, 5.41) is 9.63. The standard InChI is InChI=1S/C5H9N3O3/c1-11-4(6)2-3(9)5(7)8-10/h2,10H,6H2,1H3,(H2,7,8)/p+1. The molecule has 11 heavy (non-hydrogen) atoms. The van der Waals surface area contributed by atoms with E-state index >= 15 is 0 Å². The van der Waals surface area contributed by atoms with Crippen LogP contribution in [0.5, 0.6) is 0 Å². The molecular weight excluding hydrogens is 150 g/mol. The van der Waals surface area contributed by atoms with Gasteiger partial charge in [0.1, 0.15) is 0 Å². The highest BCUT2D eigenvalue weighted by Gasteiger charge is 2.10. The second-order valence-electron chi connectivity index (χ2n) is 1.64. The Morgan fingerprint density at radius 1 is 1.64 bits per heavy atom. The largest absolute Gasteiger partial charge is 0.483 e. The van der Waals surface area contributed by atoms with Crippen LogP contribution in [0.4, 0.5) is 0 Å². The van der Waals surface area contributed by atoms with Crippen molar-refractivity contribution in [3.63, 3.8) is 0 Å². The summed E-state index contributed by atoms with van der Waals surface area (Å²) in [6.45, 7) is 0. The van der Waals surface area contributed by atoms with Crippen molar-refractivity contribution in [2.75, 3.05) is 7.11 Å². The monoisotopic (exact) mass is 160 g/mol. The van der Waals surface area contributed by atoms with Gasteiger partial charge in [0, 0.05) is 0 Å². The molecule has 0 saturated heterocycles. The van der Waals surface area contributed by atoms with E-state index in [1.54, 1.807) is 0 Å². The average Bonchev–Trinajstić information content (AvgIpc) is 2.02. The molecule has 0 aromatic heterocycles. The van der Waals surface area contributed by atoms with Gasteiger partial charge in [-0.25, -0.2) is 0 Å². The number of amidine groups is 1. The SMILES string of the molecule is COC(N)=CC(=O)/C(N)=[NH+]/O. The van der Waals surface area contributed by atoms with E-state index in [1.807, 2.05) is 0 Å². The van der Waals surface area contributed by atoms with Crippen LogP contribution in [0.2, 0.25) is 0 Å². The maximum atomic E-state index is 10.7. The summed E-state index contributed by atoms with van der Waals surface area (Å²) in [7, 11) is 1.31. The second kappa shape index (κ2) is 4.15. The zero-order chi connectivity index (χ0) is 8.85. The van der Waals surface area contributed by atoms with Crippen molar-refractivity contribution in [3.05, 3.63) is 12.0 Å². The third-order valence-electron chi connectivity index (χ3n) is 0.895. The van der Waals surface area contributed by atoms with Crippen molar-refractivity contribution in [2.45, 2.75) is 0 Å². The molecule has 0 heterocycles. The topological polar surface area (TPSA) is 113 Å². The van der Waals surface area contributed by atoms with E-state index in [9.17, 15) is 4.79 Å². The number of ketones is 1. The van der Waals surface area contributed by atoms with Gasteiger partial charge in [0.15, 0.2) is 5.88 Å². The van der Waals surface area contributed by atoms with Gasteiger partial charge in [-0.1, -0.05) is 5.16 Å². The number of nitrogens with two attached hydrogens (primary N) is 2. The fraction of sp³-hybridized carbons (Fsp3) is 0.200. The molecule has 0 spiro atoms. The van der Waals surface area contributed by atoms with Gasteiger partial charge in [0.05, 0.1) is 13.2 Å². The molecule has 0 saturated carbocycles. The van der Waals surface area contributed by atoms with Crippen molar-refractivity contribution in [1.29, 1.82) is 0 Å². The first-order chi connectivity index (χ1) is 5.11. The summed E-state index contributed by atoms with van der Waals surface area (Å²) in [6, 6.07) is 0. The Morgan fingerprint density at radius 3 is 2.55 bits per heavy atom. The van der Waals surface area contributed by atoms with Gasteiger partial charge in [0.2, 0.25) is 0 Å². The van der Waals surface area contributed by atoms with Gasteiger partial charge < -0.3 is 15.7 Å². The van der Waals surface area contributed by atoms with Crippen molar-refractivity contribution in [3.8, 4) is 0 Å². The summed E-state index contributed by atoms with van der Waals surface area (Å²) in [4.78, 5) is 10.7. The molecule has 0 aliphatic carbocycles. The molecule has 6 heteroatoms. The van der Waals surface area contributed by atoms with E-state index in [0.717, 1.165) is 6.08 Å². The van der Waals surface area contributed by atoms with E-state index in [1.165, 1.54) is 12.3 Å². The lowest BCUT2D eigenvalue weighted by Gasteiger charge is -1.94. The molecule has 62 valence electrons. The van der Waals surface area contributed by atoms with Crippen LogP contribution in [0.15, 0.2) is 12.0 Å². The van der Waals surface area contributed by atoms with Crippen LogP contribution < -0.4 is 16.6 Å². The molecular formula is C5H10N3O3+. The van der Waals surface area contributed by atoms with Gasteiger partial charge in [-0.3, -0.25) is 10.5 Å². The van der Waals surface area contributed by atoms with Gasteiger partial charge >= 0.3 is 5.84 Å². The highest BCUT2D eigenvalue weighted by molar-refractivity contribution is 6.40. The predicted molar refractivity (Wildman–Crippen MR) is 36.2 cm³/mol. The van der Waals surface area contributed by atoms with Gasteiger partial charge in [0.25, 0.3) is 5.78 Å². The summed E-state index contributed by atoms with van der Waals surface area (Å²) in [6.07, 6.45) is 0.943. The zero-order valence-corrected chi connectivity index (χ0v) is 6.00. The molecule has 0 unspecified atom stereocenters. The normalized spacial score (nSPS) is 12.8. The Labute approximate surface area is 63.1 Å². The molecule has 0 aliphatic rings. The van der Waals surface area contributed by atoms with Crippen LogP contribution in [-0.4, -0.2) is 23.9 Å². The first-order valence-electron chi connectivity index (χ1n) is 2.69. The van der Waals surface area contributed by atoms with Crippen LogP contribution in [0.25, 0.3) is 0 Å². The molecule has 0 fully saturated rings. The summed E-state index contributed by atoms with van der Waals surface area (Å²) >= 11 is 0. The Morgan fingerprint density at radius 2 is 2.18 bits per heavy atom. The lowest BCUT2D eigenvalue weighted by atomic mass is 10.3. The minimum atomic E-state index is -0.646. The van der Waals surface area contributed by atoms with Gasteiger partial charge in [-0.2, -0.15) is 0 Å². The quantitative estimate of drug-likeness (QED) is 0.0868. The highest BCUT2D eigenvalue weighted by atomic mass is 16.5. The van der Waals surface area contributed by atoms with Crippen molar-refractivity contribution in [1.82, 2.24) is 0 Å². The third kappa shape index (κ3) is 3.09. The second-order valence-corrected chi connectivity index (χ2v) is 1.64. The number of hydrogen-bond acceptors (Lipinski definition) is 4. The van der Waals surface area contributed by atoms with Crippen LogP contribution in [0.3, 0.4) is 0 Å². The number of hydrogen-bond donors (Lipinski definition) is 4. The number of methoxy groups -OCH3 is 1. The number of carbonyl (C=O) groups excluding carboxylic acids is 1. The molecule has 0 rings (SSSR count). The van der Waals surface area contributed by atoms with Crippen LogP contribution >= 0.6 is 0 Å². The summed E-state index contributed by atoms with van der Waals surface area (Å²) < 4.78 is 4.46. The smallest absolute Gasteiger partial charge is 0.352 e. The van der Waals surface area contributed by atoms with E-state index < -0.39 is 11.6 Å². The Balaban J connectivity index is 4.29. The Hall–Kier alpha value is -1.72. The van der Waals surface area contributed by atoms with E-state index in [4.69, 9.17) is 16.7 Å². The van der Waals surface area contributed by atoms with Crippen LogP contribution in [0.1, 0.15) is 0 Å². The zero-order valence-electron chi connectivity index (χ0n) is 6.00. The molecule has 0 aliphatic heterocycles. The third-order valence-corrected chi connectivity index (χ3v) is 0.895. The number of nitrogens with one attached hydrogen (secondary N) is 1. The maximum absolute atomic E-state index is 10.7. The molecule has 0 aromatic rings. The summed E-state index contributed by atoms with van der Waals surface area (Å²) in [5.41, 5.74) is 10.1. The number of rotatable bonds is 3. The van der Waals surface area contributed by atoms with Gasteiger partial charge in [-0.05, 0) is 0 Å². The fourth-order valence-electron chi connectivity index (χ4n) is 0.321. The maximum Gasteiger partial charge on any atom is 0.352 e. The average molecular weight is 160 g/mol. The first kappa shape index (κ1) is 9.28. The predicted octanol–water partition coefficient (Wildman–Crippen LogP) is -3.17. The van der Waals surface area contributed by atoms with Crippen molar-refractivity contribution < 1.29 is 19.9 Å². The molecule has 0 amide bonds. The molecule has 0 atom stereocenters. The first-order valence-corrected chi connectivity index (χ1v) is 2.69. The minimum Gasteiger partial charge on any atom is -0.483 e. The molecule has 0 bridgehead atoms. The minimum absolute atomic E-state index is 0.0757. The lowest BCUT2D eigenvalue weighted by Crippen LogP contribution is -2.73. The number of ether oxygens (including phenoxy) is 1. The van der Waals surface area contributed by atoms with Crippen molar-refractivity contribution in [2.24, 2.45) is 11.5 Å². The number of carbonyl (C=O) groups is 1. The van der Waals surface area contributed by atoms with Crippen molar-refractivity contribution >= 4 is 11.6 Å². The Kier molecular flexibility index (Phi) is 3.50. The lowest BCUT2D eigenvalue weighted by molar-refractivity contribution is -0.737. The van der Waals surface area contributed by atoms with E-state index in [-0.39, 0.29) is 5.88 Å². The van der Waals surface area contributed by atoms with Crippen LogP contribution in [0, 0.1) is 0 Å². The van der Waals surface area contributed by atoms with E-state index in [2.05, 4.69) is 4.74 Å². The van der Waals surface area contributed by atoms with Gasteiger partial charge in [-0.15, -0.1) is 0 Å². The molecule has 6 N–H and O–H groups in total. The fourth-order valence-corrected chi connectivity index (χ4v) is 0.321. The highest BCUT2D eigenvalue weighted by Crippen LogP contribution is 1.82. The molecule has 6 nitrogen and oxygen atoms in total. The summed E-state index contributed by atoms with van der Waals surface area (Å²) in [5.74, 6) is -1.13.